The zero-order chi connectivity index (χ0) is 15.2. The van der Waals surface area contributed by atoms with Crippen molar-refractivity contribution < 1.29 is 9.32 Å². The molecule has 0 saturated carbocycles. The van der Waals surface area contributed by atoms with Gasteiger partial charge in [0.1, 0.15) is 6.07 Å². The van der Waals surface area contributed by atoms with E-state index in [1.807, 2.05) is 18.2 Å². The molecule has 0 unspecified atom stereocenters. The third kappa shape index (κ3) is 4.22. The van der Waals surface area contributed by atoms with Crippen LogP contribution in [0.1, 0.15) is 12.1 Å². The Bertz CT molecular complexity index is 628. The molecule has 1 heterocycles. The molecule has 0 amide bonds. The maximum absolute atomic E-state index is 9.13. The van der Waals surface area contributed by atoms with Gasteiger partial charge in [-0.3, -0.25) is 0 Å². The molecular formula is C15H18ClN4O+. The highest BCUT2D eigenvalue weighted by molar-refractivity contribution is 6.30. The van der Waals surface area contributed by atoms with Crippen molar-refractivity contribution >= 4 is 17.5 Å². The molecule has 2 rings (SSSR count). The summed E-state index contributed by atoms with van der Waals surface area (Å²) in [4.78, 5) is 5.59. The number of nitrogens with one attached hydrogen (secondary N) is 2. The van der Waals surface area contributed by atoms with E-state index in [4.69, 9.17) is 21.3 Å². The second-order valence-electron chi connectivity index (χ2n) is 5.05. The van der Waals surface area contributed by atoms with Gasteiger partial charge in [-0.15, -0.1) is 0 Å². The summed E-state index contributed by atoms with van der Waals surface area (Å²) in [5, 5.41) is 12.9. The number of hydrogen-bond acceptors (Lipinski definition) is 4. The normalized spacial score (nSPS) is 10.6. The standard InChI is InChI=1S/C15H17ClN4O/c1-20(2)9-3-8-18-15-13(10-17)19-14(21-15)11-4-6-12(16)7-5-11/h4-7,18H,3,8-9H2,1-2H3/p+1. The molecule has 110 valence electrons. The minimum Gasteiger partial charge on any atom is -0.419 e. The fraction of sp³-hybridized carbons (Fsp3) is 0.333. The topological polar surface area (TPSA) is 66.3 Å². The van der Waals surface area contributed by atoms with Gasteiger partial charge in [-0.05, 0) is 24.3 Å². The van der Waals surface area contributed by atoms with Gasteiger partial charge in [-0.1, -0.05) is 11.6 Å². The predicted molar refractivity (Wildman–Crippen MR) is 82.4 cm³/mol. The highest BCUT2D eigenvalue weighted by Gasteiger charge is 2.14. The Morgan fingerprint density at radius 3 is 2.67 bits per heavy atom. The van der Waals surface area contributed by atoms with E-state index >= 15 is 0 Å². The number of nitriles is 1. The van der Waals surface area contributed by atoms with Crippen LogP contribution in [0.15, 0.2) is 28.7 Å². The molecule has 5 nitrogen and oxygen atoms in total. The Labute approximate surface area is 129 Å². The van der Waals surface area contributed by atoms with Crippen molar-refractivity contribution in [3.8, 4) is 17.5 Å². The van der Waals surface area contributed by atoms with Gasteiger partial charge in [0.05, 0.1) is 20.6 Å². The van der Waals surface area contributed by atoms with Crippen molar-refractivity contribution in [3.05, 3.63) is 35.0 Å². The highest BCUT2D eigenvalue weighted by Crippen LogP contribution is 2.26. The molecule has 0 atom stereocenters. The Morgan fingerprint density at radius 2 is 2.05 bits per heavy atom. The first-order chi connectivity index (χ1) is 10.1. The summed E-state index contributed by atoms with van der Waals surface area (Å²) in [6, 6.07) is 9.20. The summed E-state index contributed by atoms with van der Waals surface area (Å²) in [7, 11) is 4.21. The largest absolute Gasteiger partial charge is 0.419 e. The number of oxazole rings is 1. The molecule has 21 heavy (non-hydrogen) atoms. The lowest BCUT2D eigenvalue weighted by Crippen LogP contribution is -3.05. The second kappa shape index (κ2) is 7.11. The number of nitrogens with zero attached hydrogens (tertiary/aromatic N) is 2. The first-order valence-corrected chi connectivity index (χ1v) is 7.17. The van der Waals surface area contributed by atoms with Crippen LogP contribution in [-0.4, -0.2) is 32.2 Å². The van der Waals surface area contributed by atoms with Crippen molar-refractivity contribution in [2.24, 2.45) is 0 Å². The zero-order valence-electron chi connectivity index (χ0n) is 12.1. The fourth-order valence-electron chi connectivity index (χ4n) is 1.88. The minimum absolute atomic E-state index is 0.275. The smallest absolute Gasteiger partial charge is 0.232 e. The van der Waals surface area contributed by atoms with E-state index in [9.17, 15) is 0 Å². The van der Waals surface area contributed by atoms with Gasteiger partial charge in [-0.2, -0.15) is 10.2 Å². The van der Waals surface area contributed by atoms with E-state index in [1.54, 1.807) is 12.1 Å². The number of hydrogen-bond donors (Lipinski definition) is 2. The van der Waals surface area contributed by atoms with Crippen molar-refractivity contribution in [1.29, 1.82) is 5.26 Å². The third-order valence-corrected chi connectivity index (χ3v) is 3.22. The van der Waals surface area contributed by atoms with E-state index in [0.29, 0.717) is 16.8 Å². The van der Waals surface area contributed by atoms with Gasteiger partial charge >= 0.3 is 0 Å². The summed E-state index contributed by atoms with van der Waals surface area (Å²) in [5.74, 6) is 0.847. The Morgan fingerprint density at radius 1 is 1.33 bits per heavy atom. The number of anilines is 1. The van der Waals surface area contributed by atoms with Crippen LogP contribution >= 0.6 is 11.6 Å². The van der Waals surface area contributed by atoms with Crippen LogP contribution in [0.4, 0.5) is 5.88 Å². The van der Waals surface area contributed by atoms with Gasteiger partial charge in [-0.25, -0.2) is 0 Å². The molecule has 6 heteroatoms. The molecule has 0 aliphatic rings. The van der Waals surface area contributed by atoms with Gasteiger partial charge in [0.15, 0.2) is 0 Å². The minimum atomic E-state index is 0.275. The van der Waals surface area contributed by atoms with Crippen molar-refractivity contribution in [3.63, 3.8) is 0 Å². The maximum Gasteiger partial charge on any atom is 0.232 e. The van der Waals surface area contributed by atoms with Crippen LogP contribution in [0, 0.1) is 11.3 Å². The lowest BCUT2D eigenvalue weighted by atomic mass is 10.2. The summed E-state index contributed by atoms with van der Waals surface area (Å²) in [6.07, 6.45) is 0.990. The maximum atomic E-state index is 9.13. The van der Waals surface area contributed by atoms with E-state index < -0.39 is 0 Å². The monoisotopic (exact) mass is 305 g/mol. The molecule has 0 spiro atoms. The van der Waals surface area contributed by atoms with Crippen LogP contribution in [0.3, 0.4) is 0 Å². The fourth-order valence-corrected chi connectivity index (χ4v) is 2.00. The predicted octanol–water partition coefficient (Wildman–Crippen LogP) is 1.81. The number of quaternary nitrogens is 1. The molecule has 0 aliphatic carbocycles. The highest BCUT2D eigenvalue weighted by atomic mass is 35.5. The summed E-state index contributed by atoms with van der Waals surface area (Å²) in [5.41, 5.74) is 1.07. The Kier molecular flexibility index (Phi) is 5.20. The summed E-state index contributed by atoms with van der Waals surface area (Å²) >= 11 is 5.86. The molecule has 0 radical (unpaired) electrons. The van der Waals surface area contributed by atoms with Crippen molar-refractivity contribution in [2.75, 3.05) is 32.5 Å². The van der Waals surface area contributed by atoms with Crippen LogP contribution in [0.5, 0.6) is 0 Å². The molecule has 0 bridgehead atoms. The average molecular weight is 306 g/mol. The SMILES string of the molecule is C[NH+](C)CCCNc1oc(-c2ccc(Cl)cc2)nc1C#N. The lowest BCUT2D eigenvalue weighted by Gasteiger charge is -2.07. The van der Waals surface area contributed by atoms with Crippen molar-refractivity contribution in [2.45, 2.75) is 6.42 Å². The quantitative estimate of drug-likeness (QED) is 0.799. The molecule has 0 saturated heterocycles. The van der Waals surface area contributed by atoms with Crippen LogP contribution in [0.25, 0.3) is 11.5 Å². The molecule has 0 aliphatic heterocycles. The number of rotatable bonds is 6. The van der Waals surface area contributed by atoms with Gasteiger partial charge in [0.2, 0.25) is 17.5 Å². The van der Waals surface area contributed by atoms with Gasteiger partial charge in [0.25, 0.3) is 0 Å². The van der Waals surface area contributed by atoms with Crippen LogP contribution in [0.2, 0.25) is 5.02 Å². The Balaban J connectivity index is 2.09. The summed E-state index contributed by atoms with van der Waals surface area (Å²) in [6.45, 7) is 1.79. The van der Waals surface area contributed by atoms with Gasteiger partial charge < -0.3 is 14.6 Å². The molecule has 0 fully saturated rings. The van der Waals surface area contributed by atoms with E-state index in [1.165, 1.54) is 4.90 Å². The third-order valence-electron chi connectivity index (χ3n) is 2.96. The van der Waals surface area contributed by atoms with Crippen molar-refractivity contribution in [1.82, 2.24) is 4.98 Å². The van der Waals surface area contributed by atoms with Crippen LogP contribution < -0.4 is 10.2 Å². The van der Waals surface area contributed by atoms with E-state index in [0.717, 1.165) is 25.1 Å². The van der Waals surface area contributed by atoms with Gasteiger partial charge in [0, 0.05) is 23.6 Å². The molecule has 1 aromatic carbocycles. The lowest BCUT2D eigenvalue weighted by molar-refractivity contribution is -0.858. The molecule has 2 N–H and O–H groups in total. The van der Waals surface area contributed by atoms with E-state index in [2.05, 4.69) is 24.4 Å². The molecule has 2 aromatic rings. The number of benzene rings is 1. The second-order valence-corrected chi connectivity index (χ2v) is 5.49. The Hall–Kier alpha value is -2.03. The molecule has 1 aromatic heterocycles. The first kappa shape index (κ1) is 15.4. The zero-order valence-corrected chi connectivity index (χ0v) is 12.9. The summed E-state index contributed by atoms with van der Waals surface area (Å²) < 4.78 is 5.64. The molecular weight excluding hydrogens is 288 g/mol. The average Bonchev–Trinajstić information content (AvgIpc) is 2.87. The van der Waals surface area contributed by atoms with E-state index in [-0.39, 0.29) is 5.69 Å². The number of aromatic nitrogens is 1. The number of halogens is 1. The van der Waals surface area contributed by atoms with Crippen LogP contribution in [-0.2, 0) is 0 Å². The first-order valence-electron chi connectivity index (χ1n) is 6.80.